The lowest BCUT2D eigenvalue weighted by Crippen LogP contribution is -2.20. The van der Waals surface area contributed by atoms with Crippen molar-refractivity contribution in [3.05, 3.63) is 52.1 Å². The maximum absolute atomic E-state index is 13.6. The van der Waals surface area contributed by atoms with Crippen molar-refractivity contribution < 1.29 is 4.39 Å². The highest BCUT2D eigenvalue weighted by molar-refractivity contribution is 6.31. The van der Waals surface area contributed by atoms with Crippen LogP contribution in [0.3, 0.4) is 0 Å². The number of likely N-dealkylation sites (N-methyl/N-ethyl adjacent to an activating group) is 1. The molecule has 3 nitrogen and oxygen atoms in total. The standard InChI is InChI=1S/C15H19ClFN3/c1-4-10-8-11(20(3)19-10)9-14(18-2)12-6-5-7-13(17)15(12)16/h5-8,14,18H,4,9H2,1-3H3. The zero-order valence-electron chi connectivity index (χ0n) is 12.0. The molecule has 1 heterocycles. The van der Waals surface area contributed by atoms with Crippen molar-refractivity contribution in [1.29, 1.82) is 0 Å². The van der Waals surface area contributed by atoms with Crippen LogP contribution >= 0.6 is 11.6 Å². The van der Waals surface area contributed by atoms with Crippen molar-refractivity contribution >= 4 is 11.6 Å². The summed E-state index contributed by atoms with van der Waals surface area (Å²) in [6.45, 7) is 2.07. The summed E-state index contributed by atoms with van der Waals surface area (Å²) in [5.41, 5.74) is 2.93. The second kappa shape index (κ2) is 6.37. The van der Waals surface area contributed by atoms with Gasteiger partial charge in [0.15, 0.2) is 0 Å². The SMILES string of the molecule is CCc1cc(CC(NC)c2cccc(F)c2Cl)n(C)n1. The van der Waals surface area contributed by atoms with Gasteiger partial charge in [0.25, 0.3) is 0 Å². The first-order chi connectivity index (χ1) is 9.56. The summed E-state index contributed by atoms with van der Waals surface area (Å²) >= 11 is 6.07. The molecule has 1 unspecified atom stereocenters. The van der Waals surface area contributed by atoms with E-state index in [0.29, 0.717) is 6.42 Å². The molecule has 0 radical (unpaired) electrons. The van der Waals surface area contributed by atoms with Crippen LogP contribution in [0.4, 0.5) is 4.39 Å². The van der Waals surface area contributed by atoms with E-state index >= 15 is 0 Å². The molecule has 1 atom stereocenters. The number of rotatable bonds is 5. The Labute approximate surface area is 123 Å². The van der Waals surface area contributed by atoms with E-state index in [-0.39, 0.29) is 16.9 Å². The largest absolute Gasteiger partial charge is 0.313 e. The minimum absolute atomic E-state index is 0.0432. The van der Waals surface area contributed by atoms with Gasteiger partial charge in [-0.15, -0.1) is 0 Å². The minimum Gasteiger partial charge on any atom is -0.313 e. The fourth-order valence-corrected chi connectivity index (χ4v) is 2.56. The van der Waals surface area contributed by atoms with Gasteiger partial charge >= 0.3 is 0 Å². The number of aromatic nitrogens is 2. The highest BCUT2D eigenvalue weighted by atomic mass is 35.5. The first kappa shape index (κ1) is 15.0. The number of aryl methyl sites for hydroxylation is 2. The first-order valence-electron chi connectivity index (χ1n) is 6.69. The molecule has 5 heteroatoms. The molecule has 1 N–H and O–H groups in total. The monoisotopic (exact) mass is 295 g/mol. The van der Waals surface area contributed by atoms with Gasteiger partial charge < -0.3 is 5.32 Å². The van der Waals surface area contributed by atoms with Gasteiger partial charge in [-0.3, -0.25) is 4.68 Å². The first-order valence-corrected chi connectivity index (χ1v) is 7.07. The maximum atomic E-state index is 13.6. The summed E-state index contributed by atoms with van der Waals surface area (Å²) in [6, 6.07) is 6.94. The average Bonchev–Trinajstić information content (AvgIpc) is 2.80. The fourth-order valence-electron chi connectivity index (χ4n) is 2.30. The van der Waals surface area contributed by atoms with Crippen molar-refractivity contribution in [1.82, 2.24) is 15.1 Å². The molecule has 0 fully saturated rings. The van der Waals surface area contributed by atoms with Gasteiger partial charge in [-0.2, -0.15) is 5.10 Å². The summed E-state index contributed by atoms with van der Waals surface area (Å²) in [5, 5.41) is 7.81. The van der Waals surface area contributed by atoms with Crippen LogP contribution in [0.5, 0.6) is 0 Å². The van der Waals surface area contributed by atoms with Crippen LogP contribution in [-0.2, 0) is 19.9 Å². The van der Waals surface area contributed by atoms with E-state index in [2.05, 4.69) is 23.4 Å². The highest BCUT2D eigenvalue weighted by Crippen LogP contribution is 2.27. The van der Waals surface area contributed by atoms with E-state index in [1.807, 2.05) is 24.8 Å². The third-order valence-corrected chi connectivity index (χ3v) is 3.91. The lowest BCUT2D eigenvalue weighted by Gasteiger charge is -2.18. The van der Waals surface area contributed by atoms with E-state index in [1.54, 1.807) is 6.07 Å². The number of hydrogen-bond donors (Lipinski definition) is 1. The third-order valence-electron chi connectivity index (χ3n) is 3.51. The zero-order valence-corrected chi connectivity index (χ0v) is 12.7. The Morgan fingerprint density at radius 3 is 2.80 bits per heavy atom. The molecule has 20 heavy (non-hydrogen) atoms. The Balaban J connectivity index is 2.28. The Morgan fingerprint density at radius 2 is 2.20 bits per heavy atom. The summed E-state index contributed by atoms with van der Waals surface area (Å²) in [5.74, 6) is -0.385. The van der Waals surface area contributed by atoms with Crippen molar-refractivity contribution in [3.8, 4) is 0 Å². The topological polar surface area (TPSA) is 29.9 Å². The van der Waals surface area contributed by atoms with E-state index in [0.717, 1.165) is 23.4 Å². The molecule has 0 saturated heterocycles. The molecule has 2 rings (SSSR count). The number of hydrogen-bond acceptors (Lipinski definition) is 2. The molecule has 108 valence electrons. The Kier molecular flexibility index (Phi) is 4.78. The van der Waals surface area contributed by atoms with Gasteiger partial charge in [0, 0.05) is 25.2 Å². The van der Waals surface area contributed by atoms with Crippen molar-refractivity contribution in [2.45, 2.75) is 25.8 Å². The zero-order chi connectivity index (χ0) is 14.7. The van der Waals surface area contributed by atoms with Crippen LogP contribution in [0.1, 0.15) is 29.9 Å². The van der Waals surface area contributed by atoms with Crippen molar-refractivity contribution in [3.63, 3.8) is 0 Å². The second-order valence-corrected chi connectivity index (χ2v) is 5.17. The second-order valence-electron chi connectivity index (χ2n) is 4.79. The number of benzene rings is 1. The molecular formula is C15H19ClFN3. The van der Waals surface area contributed by atoms with E-state index in [1.165, 1.54) is 6.07 Å². The summed E-state index contributed by atoms with van der Waals surface area (Å²) in [7, 11) is 3.78. The van der Waals surface area contributed by atoms with Crippen molar-refractivity contribution in [2.75, 3.05) is 7.05 Å². The van der Waals surface area contributed by atoms with Crippen LogP contribution in [0.25, 0.3) is 0 Å². The average molecular weight is 296 g/mol. The normalized spacial score (nSPS) is 12.7. The Bertz CT molecular complexity index is 595. The molecule has 0 spiro atoms. The number of halogens is 2. The van der Waals surface area contributed by atoms with Crippen LogP contribution in [-0.4, -0.2) is 16.8 Å². The number of nitrogens with zero attached hydrogens (tertiary/aromatic N) is 2. The molecule has 0 bridgehead atoms. The molecule has 0 saturated carbocycles. The minimum atomic E-state index is -0.385. The van der Waals surface area contributed by atoms with Gasteiger partial charge in [0.2, 0.25) is 0 Å². The number of nitrogens with one attached hydrogen (secondary N) is 1. The molecule has 0 aliphatic carbocycles. The fraction of sp³-hybridized carbons (Fsp3) is 0.400. The summed E-state index contributed by atoms with van der Waals surface area (Å²) in [4.78, 5) is 0. The Morgan fingerprint density at radius 1 is 1.45 bits per heavy atom. The van der Waals surface area contributed by atoms with Crippen LogP contribution < -0.4 is 5.32 Å². The molecule has 0 amide bonds. The van der Waals surface area contributed by atoms with Gasteiger partial charge in [0.1, 0.15) is 5.82 Å². The Hall–Kier alpha value is -1.39. The van der Waals surface area contributed by atoms with Gasteiger partial charge in [-0.25, -0.2) is 4.39 Å². The maximum Gasteiger partial charge on any atom is 0.142 e. The lowest BCUT2D eigenvalue weighted by atomic mass is 10.0. The van der Waals surface area contributed by atoms with E-state index in [9.17, 15) is 4.39 Å². The smallest absolute Gasteiger partial charge is 0.142 e. The van der Waals surface area contributed by atoms with E-state index < -0.39 is 0 Å². The van der Waals surface area contributed by atoms with E-state index in [4.69, 9.17) is 11.6 Å². The molecular weight excluding hydrogens is 277 g/mol. The van der Waals surface area contributed by atoms with Gasteiger partial charge in [0.05, 0.1) is 10.7 Å². The predicted molar refractivity (Wildman–Crippen MR) is 79.5 cm³/mol. The molecule has 1 aromatic carbocycles. The lowest BCUT2D eigenvalue weighted by molar-refractivity contribution is 0.554. The molecule has 2 aromatic rings. The molecule has 0 aliphatic rings. The highest BCUT2D eigenvalue weighted by Gasteiger charge is 2.17. The van der Waals surface area contributed by atoms with Crippen LogP contribution in [0.15, 0.2) is 24.3 Å². The molecule has 0 aliphatic heterocycles. The van der Waals surface area contributed by atoms with Crippen LogP contribution in [0, 0.1) is 5.82 Å². The third kappa shape index (κ3) is 3.02. The quantitative estimate of drug-likeness (QED) is 0.917. The van der Waals surface area contributed by atoms with Crippen molar-refractivity contribution in [2.24, 2.45) is 7.05 Å². The molecule has 1 aromatic heterocycles. The van der Waals surface area contributed by atoms with Crippen LogP contribution in [0.2, 0.25) is 5.02 Å². The summed E-state index contributed by atoms with van der Waals surface area (Å²) < 4.78 is 15.4. The summed E-state index contributed by atoms with van der Waals surface area (Å²) in [6.07, 6.45) is 1.61. The predicted octanol–water partition coefficient (Wildman–Crippen LogP) is 3.28. The van der Waals surface area contributed by atoms with Gasteiger partial charge in [-0.05, 0) is 31.2 Å². The van der Waals surface area contributed by atoms with Gasteiger partial charge in [-0.1, -0.05) is 30.7 Å².